The van der Waals surface area contributed by atoms with Crippen molar-refractivity contribution in [1.29, 1.82) is 0 Å². The lowest BCUT2D eigenvalue weighted by atomic mass is 10.1. The van der Waals surface area contributed by atoms with Gasteiger partial charge in [0, 0.05) is 36.2 Å². The van der Waals surface area contributed by atoms with Gasteiger partial charge in [0.2, 0.25) is 15.9 Å². The highest BCUT2D eigenvalue weighted by molar-refractivity contribution is 7.88. The largest absolute Gasteiger partial charge is 0.361 e. The Bertz CT molecular complexity index is 1120. The molecule has 1 aromatic heterocycles. The maximum Gasteiger partial charge on any atom is 0.238 e. The lowest BCUT2D eigenvalue weighted by Gasteiger charge is -2.26. The van der Waals surface area contributed by atoms with E-state index in [1.807, 2.05) is 54.7 Å². The Kier molecular flexibility index (Phi) is 5.92. The number of amides is 1. The number of para-hydroxylation sites is 1. The predicted octanol–water partition coefficient (Wildman–Crippen LogP) is 3.16. The lowest BCUT2D eigenvalue weighted by molar-refractivity contribution is -0.132. The minimum Gasteiger partial charge on any atom is -0.361 e. The molecule has 0 bridgehead atoms. The van der Waals surface area contributed by atoms with Crippen molar-refractivity contribution in [3.8, 4) is 0 Å². The number of carbonyl (C=O) groups is 1. The predicted molar refractivity (Wildman–Crippen MR) is 118 cm³/mol. The van der Waals surface area contributed by atoms with Crippen LogP contribution in [0.15, 0.2) is 60.8 Å². The summed E-state index contributed by atoms with van der Waals surface area (Å²) in [5, 5.41) is 1.15. The van der Waals surface area contributed by atoms with Crippen molar-refractivity contribution < 1.29 is 13.2 Å². The summed E-state index contributed by atoms with van der Waals surface area (Å²) in [6.45, 7) is 0.895. The number of H-pyrrole nitrogens is 1. The molecule has 7 heteroatoms. The van der Waals surface area contributed by atoms with Crippen molar-refractivity contribution in [3.05, 3.63) is 71.9 Å². The number of benzene rings is 2. The second-order valence-corrected chi connectivity index (χ2v) is 9.88. The standard InChI is InChI=1S/C23H27N3O3S/c1-30(28,29)26(20-11-12-20)17-23(27)25(16-18-7-3-2-4-8-18)14-13-19-15-24-22-10-6-5-9-21(19)22/h2-10,15,20,24H,11-14,16-17H2,1H3. The quantitative estimate of drug-likeness (QED) is 0.572. The Labute approximate surface area is 177 Å². The summed E-state index contributed by atoms with van der Waals surface area (Å²) in [6.07, 6.45) is 5.53. The van der Waals surface area contributed by atoms with Gasteiger partial charge in [0.25, 0.3) is 0 Å². The lowest BCUT2D eigenvalue weighted by Crippen LogP contribution is -2.43. The zero-order chi connectivity index (χ0) is 21.1. The van der Waals surface area contributed by atoms with Crippen molar-refractivity contribution in [2.45, 2.75) is 31.8 Å². The molecule has 158 valence electrons. The summed E-state index contributed by atoms with van der Waals surface area (Å²) in [5.74, 6) is -0.156. The number of hydrogen-bond donors (Lipinski definition) is 1. The van der Waals surface area contributed by atoms with E-state index in [4.69, 9.17) is 0 Å². The van der Waals surface area contributed by atoms with Crippen molar-refractivity contribution >= 4 is 26.8 Å². The van der Waals surface area contributed by atoms with Crippen LogP contribution in [0.5, 0.6) is 0 Å². The van der Waals surface area contributed by atoms with Gasteiger partial charge < -0.3 is 9.88 Å². The molecule has 0 aliphatic heterocycles. The molecule has 1 saturated carbocycles. The Hall–Kier alpha value is -2.64. The molecule has 4 rings (SSSR count). The summed E-state index contributed by atoms with van der Waals surface area (Å²) in [4.78, 5) is 18.2. The van der Waals surface area contributed by atoms with Crippen LogP contribution in [0.2, 0.25) is 0 Å². The highest BCUT2D eigenvalue weighted by Gasteiger charge is 2.37. The number of rotatable bonds is 9. The first kappa shape index (κ1) is 20.6. The molecule has 0 unspecified atom stereocenters. The Morgan fingerprint density at radius 1 is 1.07 bits per heavy atom. The van der Waals surface area contributed by atoms with Gasteiger partial charge in [-0.1, -0.05) is 48.5 Å². The number of carbonyl (C=O) groups excluding carboxylic acids is 1. The van der Waals surface area contributed by atoms with E-state index in [1.165, 1.54) is 10.6 Å². The monoisotopic (exact) mass is 425 g/mol. The third kappa shape index (κ3) is 4.91. The number of nitrogens with zero attached hydrogens (tertiary/aromatic N) is 2. The molecule has 1 aliphatic carbocycles. The molecule has 3 aromatic rings. The van der Waals surface area contributed by atoms with Gasteiger partial charge in [-0.2, -0.15) is 4.31 Å². The van der Waals surface area contributed by atoms with Crippen LogP contribution in [0.3, 0.4) is 0 Å². The molecule has 6 nitrogen and oxygen atoms in total. The van der Waals surface area contributed by atoms with Crippen molar-refractivity contribution in [1.82, 2.24) is 14.2 Å². The van der Waals surface area contributed by atoms with Crippen LogP contribution in [0.4, 0.5) is 0 Å². The Balaban J connectivity index is 1.52. The molecule has 30 heavy (non-hydrogen) atoms. The number of nitrogens with one attached hydrogen (secondary N) is 1. The molecule has 2 aromatic carbocycles. The van der Waals surface area contributed by atoms with Gasteiger partial charge in [0.1, 0.15) is 0 Å². The molecule has 0 atom stereocenters. The third-order valence-corrected chi connectivity index (χ3v) is 6.85. The fourth-order valence-corrected chi connectivity index (χ4v) is 4.90. The topological polar surface area (TPSA) is 73.5 Å². The number of aromatic nitrogens is 1. The number of sulfonamides is 1. The first-order chi connectivity index (χ1) is 14.4. The molecular weight excluding hydrogens is 398 g/mol. The summed E-state index contributed by atoms with van der Waals surface area (Å²) in [5.41, 5.74) is 3.26. The van der Waals surface area contributed by atoms with E-state index in [0.717, 1.165) is 34.9 Å². The summed E-state index contributed by atoms with van der Waals surface area (Å²) in [7, 11) is -3.41. The van der Waals surface area contributed by atoms with Crippen molar-refractivity contribution in [2.75, 3.05) is 19.3 Å². The van der Waals surface area contributed by atoms with E-state index in [9.17, 15) is 13.2 Å². The van der Waals surface area contributed by atoms with Gasteiger partial charge in [-0.3, -0.25) is 4.79 Å². The minimum absolute atomic E-state index is 0.0313. The van der Waals surface area contributed by atoms with Gasteiger partial charge in [-0.25, -0.2) is 8.42 Å². The first-order valence-electron chi connectivity index (χ1n) is 10.3. The van der Waals surface area contributed by atoms with E-state index in [-0.39, 0.29) is 18.5 Å². The summed E-state index contributed by atoms with van der Waals surface area (Å²) >= 11 is 0. The molecule has 1 N–H and O–H groups in total. The molecule has 0 saturated heterocycles. The van der Waals surface area contributed by atoms with Crippen LogP contribution in [0.1, 0.15) is 24.0 Å². The average molecular weight is 426 g/mol. The van der Waals surface area contributed by atoms with E-state index in [0.29, 0.717) is 19.5 Å². The van der Waals surface area contributed by atoms with E-state index in [2.05, 4.69) is 11.1 Å². The molecule has 1 fully saturated rings. The number of aromatic amines is 1. The van der Waals surface area contributed by atoms with E-state index < -0.39 is 10.0 Å². The minimum atomic E-state index is -3.41. The SMILES string of the molecule is CS(=O)(=O)N(CC(=O)N(CCc1c[nH]c2ccccc12)Cc1ccccc1)C1CC1. The maximum absolute atomic E-state index is 13.2. The molecule has 1 aliphatic rings. The van der Waals surface area contributed by atoms with Gasteiger partial charge >= 0.3 is 0 Å². The van der Waals surface area contributed by atoms with E-state index >= 15 is 0 Å². The smallest absolute Gasteiger partial charge is 0.238 e. The average Bonchev–Trinajstić information content (AvgIpc) is 3.48. The van der Waals surface area contributed by atoms with Crippen LogP contribution < -0.4 is 0 Å². The zero-order valence-corrected chi connectivity index (χ0v) is 17.9. The van der Waals surface area contributed by atoms with Gasteiger partial charge in [0.15, 0.2) is 0 Å². The maximum atomic E-state index is 13.2. The fourth-order valence-electron chi connectivity index (χ4n) is 3.80. The molecule has 0 spiro atoms. The van der Waals surface area contributed by atoms with E-state index in [1.54, 1.807) is 4.90 Å². The third-order valence-electron chi connectivity index (χ3n) is 5.57. The van der Waals surface area contributed by atoms with Crippen LogP contribution in [0, 0.1) is 0 Å². The summed E-state index contributed by atoms with van der Waals surface area (Å²) < 4.78 is 25.7. The second-order valence-electron chi connectivity index (χ2n) is 7.95. The van der Waals surface area contributed by atoms with Crippen LogP contribution in [-0.2, 0) is 27.8 Å². The Morgan fingerprint density at radius 2 is 1.77 bits per heavy atom. The van der Waals surface area contributed by atoms with Crippen LogP contribution >= 0.6 is 0 Å². The number of hydrogen-bond acceptors (Lipinski definition) is 3. The first-order valence-corrected chi connectivity index (χ1v) is 12.1. The molecule has 0 radical (unpaired) electrons. The molecule has 1 heterocycles. The zero-order valence-electron chi connectivity index (χ0n) is 17.1. The van der Waals surface area contributed by atoms with Gasteiger partial charge in [-0.05, 0) is 36.5 Å². The van der Waals surface area contributed by atoms with Crippen LogP contribution in [0.25, 0.3) is 10.9 Å². The number of fused-ring (bicyclic) bond motifs is 1. The summed E-state index contributed by atoms with van der Waals surface area (Å²) in [6, 6.07) is 17.9. The van der Waals surface area contributed by atoms with Gasteiger partial charge in [-0.15, -0.1) is 0 Å². The molecule has 1 amide bonds. The Morgan fingerprint density at radius 3 is 2.47 bits per heavy atom. The van der Waals surface area contributed by atoms with Gasteiger partial charge in [0.05, 0.1) is 12.8 Å². The van der Waals surface area contributed by atoms with Crippen molar-refractivity contribution in [3.63, 3.8) is 0 Å². The van der Waals surface area contributed by atoms with Crippen LogP contribution in [-0.4, -0.2) is 53.9 Å². The molecular formula is C23H27N3O3S. The van der Waals surface area contributed by atoms with Crippen molar-refractivity contribution in [2.24, 2.45) is 0 Å². The normalized spacial score (nSPS) is 14.3. The highest BCUT2D eigenvalue weighted by Crippen LogP contribution is 2.29. The second kappa shape index (κ2) is 8.62. The highest BCUT2D eigenvalue weighted by atomic mass is 32.2. The fraction of sp³-hybridized carbons (Fsp3) is 0.348.